The summed E-state index contributed by atoms with van der Waals surface area (Å²) in [7, 11) is -2.48. The van der Waals surface area contributed by atoms with Crippen LogP contribution in [0.15, 0.2) is 24.3 Å². The summed E-state index contributed by atoms with van der Waals surface area (Å²) in [4.78, 5) is 11.3. The molecule has 0 bridgehead atoms. The maximum atomic E-state index is 12.4. The Bertz CT molecular complexity index is 635. The molecule has 1 aromatic rings. The maximum Gasteiger partial charge on any atom is 0.321 e. The van der Waals surface area contributed by atoms with Crippen molar-refractivity contribution in [2.45, 2.75) is 19.1 Å². The average molecular weight is 310 g/mol. The lowest BCUT2D eigenvalue weighted by molar-refractivity contribution is -0.140. The number of methoxy groups -OCH3 is 1. The van der Waals surface area contributed by atoms with Gasteiger partial charge in [0.1, 0.15) is 6.54 Å². The second-order valence-corrected chi connectivity index (χ2v) is 6.40. The number of nitrogens with zero attached hydrogens (tertiary/aromatic N) is 2. The van der Waals surface area contributed by atoms with Gasteiger partial charge in [0.2, 0.25) is 10.0 Å². The van der Waals surface area contributed by atoms with Gasteiger partial charge in [-0.1, -0.05) is 25.1 Å². The highest BCUT2D eigenvalue weighted by molar-refractivity contribution is 7.88. The molecule has 0 heterocycles. The van der Waals surface area contributed by atoms with Gasteiger partial charge >= 0.3 is 5.97 Å². The zero-order valence-corrected chi connectivity index (χ0v) is 12.9. The van der Waals surface area contributed by atoms with Crippen molar-refractivity contribution in [2.75, 3.05) is 20.2 Å². The summed E-state index contributed by atoms with van der Waals surface area (Å²) in [5.74, 6) is -0.922. The molecule has 0 aliphatic carbocycles. The summed E-state index contributed by atoms with van der Waals surface area (Å²) >= 11 is 0. The second kappa shape index (κ2) is 7.76. The first kappa shape index (κ1) is 17.1. The highest BCUT2D eigenvalue weighted by atomic mass is 32.2. The summed E-state index contributed by atoms with van der Waals surface area (Å²) in [6.45, 7) is 1.73. The number of sulfonamides is 1. The number of benzene rings is 1. The molecular formula is C14H18N2O4S. The van der Waals surface area contributed by atoms with E-state index in [1.165, 1.54) is 7.11 Å². The summed E-state index contributed by atoms with van der Waals surface area (Å²) in [5.41, 5.74) is 0.738. The largest absolute Gasteiger partial charge is 0.468 e. The Hall–Kier alpha value is -1.91. The monoisotopic (exact) mass is 310 g/mol. The number of hydrogen-bond donors (Lipinski definition) is 0. The second-order valence-electron chi connectivity index (χ2n) is 4.43. The Morgan fingerprint density at radius 3 is 2.62 bits per heavy atom. The van der Waals surface area contributed by atoms with Crippen molar-refractivity contribution in [1.29, 1.82) is 5.26 Å². The first-order valence-corrected chi connectivity index (χ1v) is 8.08. The van der Waals surface area contributed by atoms with Crippen LogP contribution in [0.5, 0.6) is 0 Å². The van der Waals surface area contributed by atoms with Gasteiger partial charge in [0.15, 0.2) is 0 Å². The fourth-order valence-electron chi connectivity index (χ4n) is 1.82. The lowest BCUT2D eigenvalue weighted by atomic mass is 10.1. The van der Waals surface area contributed by atoms with E-state index in [2.05, 4.69) is 4.74 Å². The number of ether oxygens (including phenoxy) is 1. The van der Waals surface area contributed by atoms with Gasteiger partial charge in [-0.15, -0.1) is 0 Å². The Labute approximate surface area is 125 Å². The zero-order valence-electron chi connectivity index (χ0n) is 12.1. The molecule has 0 aromatic heterocycles. The molecule has 0 aliphatic rings. The predicted octanol–water partition coefficient (Wildman–Crippen LogP) is 1.27. The van der Waals surface area contributed by atoms with Crippen LogP contribution in [0.1, 0.15) is 24.5 Å². The van der Waals surface area contributed by atoms with Gasteiger partial charge < -0.3 is 4.74 Å². The number of hydrogen-bond acceptors (Lipinski definition) is 5. The van der Waals surface area contributed by atoms with Crippen LogP contribution in [0.2, 0.25) is 0 Å². The van der Waals surface area contributed by atoms with E-state index in [0.29, 0.717) is 17.5 Å². The third-order valence-electron chi connectivity index (χ3n) is 2.88. The first-order chi connectivity index (χ1) is 9.94. The van der Waals surface area contributed by atoms with E-state index < -0.39 is 16.0 Å². The van der Waals surface area contributed by atoms with Gasteiger partial charge in [0, 0.05) is 6.54 Å². The number of nitriles is 1. The lowest BCUT2D eigenvalue weighted by Crippen LogP contribution is -2.37. The average Bonchev–Trinajstić information content (AvgIpc) is 2.46. The van der Waals surface area contributed by atoms with E-state index in [1.807, 2.05) is 13.0 Å². The van der Waals surface area contributed by atoms with Crippen LogP contribution in [0.25, 0.3) is 0 Å². The van der Waals surface area contributed by atoms with Gasteiger partial charge in [-0.25, -0.2) is 8.42 Å². The van der Waals surface area contributed by atoms with Crippen LogP contribution in [0.3, 0.4) is 0 Å². The van der Waals surface area contributed by atoms with Crippen LogP contribution in [-0.4, -0.2) is 38.9 Å². The summed E-state index contributed by atoms with van der Waals surface area (Å²) in [6, 6.07) is 8.48. The molecule has 0 saturated heterocycles. The summed E-state index contributed by atoms with van der Waals surface area (Å²) in [5, 5.41) is 9.01. The fourth-order valence-corrected chi connectivity index (χ4v) is 3.41. The molecule has 0 spiro atoms. The SMILES string of the molecule is CCCN(CC(=O)OC)S(=O)(=O)Cc1ccccc1C#N. The van der Waals surface area contributed by atoms with E-state index >= 15 is 0 Å². The van der Waals surface area contributed by atoms with E-state index in [-0.39, 0.29) is 18.8 Å². The minimum atomic E-state index is -3.69. The third kappa shape index (κ3) is 4.85. The smallest absolute Gasteiger partial charge is 0.321 e. The molecule has 7 heteroatoms. The number of rotatable bonds is 7. The van der Waals surface area contributed by atoms with Gasteiger partial charge in [0.25, 0.3) is 0 Å². The van der Waals surface area contributed by atoms with Crippen molar-refractivity contribution in [3.05, 3.63) is 35.4 Å². The van der Waals surface area contributed by atoms with Crippen molar-refractivity contribution in [3.63, 3.8) is 0 Å². The predicted molar refractivity (Wildman–Crippen MR) is 77.7 cm³/mol. The molecule has 6 nitrogen and oxygen atoms in total. The molecular weight excluding hydrogens is 292 g/mol. The number of carbonyl (C=O) groups excluding carboxylic acids is 1. The van der Waals surface area contributed by atoms with Gasteiger partial charge in [-0.3, -0.25) is 4.79 Å². The van der Waals surface area contributed by atoms with Crippen LogP contribution < -0.4 is 0 Å². The fraction of sp³-hybridized carbons (Fsp3) is 0.429. The Morgan fingerprint density at radius 1 is 1.38 bits per heavy atom. The van der Waals surface area contributed by atoms with Gasteiger partial charge in [-0.05, 0) is 18.1 Å². The zero-order chi connectivity index (χ0) is 15.9. The van der Waals surface area contributed by atoms with Crippen LogP contribution in [-0.2, 0) is 25.3 Å². The van der Waals surface area contributed by atoms with E-state index in [1.54, 1.807) is 24.3 Å². The molecule has 0 aliphatic heterocycles. The minimum Gasteiger partial charge on any atom is -0.468 e. The normalized spacial score (nSPS) is 11.1. The molecule has 0 N–H and O–H groups in total. The topological polar surface area (TPSA) is 87.5 Å². The van der Waals surface area contributed by atoms with Crippen molar-refractivity contribution in [2.24, 2.45) is 0 Å². The highest BCUT2D eigenvalue weighted by Gasteiger charge is 2.25. The molecule has 0 unspecified atom stereocenters. The molecule has 0 amide bonds. The molecule has 0 atom stereocenters. The molecule has 0 saturated carbocycles. The molecule has 0 fully saturated rings. The molecule has 0 radical (unpaired) electrons. The van der Waals surface area contributed by atoms with Crippen molar-refractivity contribution < 1.29 is 17.9 Å². The Balaban J connectivity index is 3.01. The Morgan fingerprint density at radius 2 is 2.05 bits per heavy atom. The van der Waals surface area contributed by atoms with Crippen LogP contribution in [0.4, 0.5) is 0 Å². The van der Waals surface area contributed by atoms with E-state index in [9.17, 15) is 13.2 Å². The first-order valence-electron chi connectivity index (χ1n) is 6.47. The highest BCUT2D eigenvalue weighted by Crippen LogP contribution is 2.15. The number of esters is 1. The molecule has 21 heavy (non-hydrogen) atoms. The standard InChI is InChI=1S/C14H18N2O4S/c1-3-8-16(10-14(17)20-2)21(18,19)11-13-7-5-4-6-12(13)9-15/h4-7H,3,8,10-11H2,1-2H3. The maximum absolute atomic E-state index is 12.4. The Kier molecular flexibility index (Phi) is 6.34. The van der Waals surface area contributed by atoms with E-state index in [0.717, 1.165) is 4.31 Å². The minimum absolute atomic E-state index is 0.228. The van der Waals surface area contributed by atoms with Crippen molar-refractivity contribution >= 4 is 16.0 Å². The van der Waals surface area contributed by atoms with E-state index in [4.69, 9.17) is 5.26 Å². The van der Waals surface area contributed by atoms with Crippen LogP contribution >= 0.6 is 0 Å². The summed E-state index contributed by atoms with van der Waals surface area (Å²) in [6.07, 6.45) is 0.579. The molecule has 1 rings (SSSR count). The quantitative estimate of drug-likeness (QED) is 0.708. The summed E-state index contributed by atoms with van der Waals surface area (Å²) < 4.78 is 30.4. The molecule has 1 aromatic carbocycles. The number of carbonyl (C=O) groups is 1. The lowest BCUT2D eigenvalue weighted by Gasteiger charge is -2.20. The van der Waals surface area contributed by atoms with Crippen LogP contribution in [0, 0.1) is 11.3 Å². The van der Waals surface area contributed by atoms with Gasteiger partial charge in [0.05, 0.1) is 24.5 Å². The van der Waals surface area contributed by atoms with Gasteiger partial charge in [-0.2, -0.15) is 9.57 Å². The van der Waals surface area contributed by atoms with Crippen molar-refractivity contribution in [3.8, 4) is 6.07 Å². The molecule has 114 valence electrons. The third-order valence-corrected chi connectivity index (χ3v) is 4.65. The van der Waals surface area contributed by atoms with Crippen molar-refractivity contribution in [1.82, 2.24) is 4.31 Å².